The molecule has 0 saturated heterocycles. The van der Waals surface area contributed by atoms with Gasteiger partial charge in [0.15, 0.2) is 0 Å². The monoisotopic (exact) mass is 259 g/mol. The molecule has 0 aromatic carbocycles. The van der Waals surface area contributed by atoms with Gasteiger partial charge < -0.3 is 14.8 Å². The fourth-order valence-corrected chi connectivity index (χ4v) is 1.24. The summed E-state index contributed by atoms with van der Waals surface area (Å²) in [5.41, 5.74) is 0. The van der Waals surface area contributed by atoms with Gasteiger partial charge in [0.1, 0.15) is 0 Å². The van der Waals surface area contributed by atoms with E-state index in [9.17, 15) is 14.4 Å². The molecule has 0 radical (unpaired) electrons. The van der Waals surface area contributed by atoms with Crippen LogP contribution in [0.1, 0.15) is 33.1 Å². The largest absolute Gasteiger partial charge is 0.469 e. The standard InChI is InChI=1S/C12H21NO5/c1-4-18-12(16)9(2)7-8-13-10(14)5-6-11(15)17-3/h9H,4-8H2,1-3H3,(H,13,14). The third kappa shape index (κ3) is 7.65. The zero-order chi connectivity index (χ0) is 14.0. The molecule has 0 bridgehead atoms. The summed E-state index contributed by atoms with van der Waals surface area (Å²) < 4.78 is 9.26. The molecule has 0 aliphatic carbocycles. The highest BCUT2D eigenvalue weighted by Crippen LogP contribution is 2.03. The third-order valence-corrected chi connectivity index (χ3v) is 2.37. The van der Waals surface area contributed by atoms with Gasteiger partial charge in [-0.1, -0.05) is 6.92 Å². The molecule has 0 saturated carbocycles. The Kier molecular flexibility index (Phi) is 8.61. The Morgan fingerprint density at radius 3 is 2.44 bits per heavy atom. The van der Waals surface area contributed by atoms with Gasteiger partial charge in [-0.2, -0.15) is 0 Å². The average Bonchev–Trinajstić information content (AvgIpc) is 2.35. The molecule has 0 aromatic heterocycles. The van der Waals surface area contributed by atoms with Crippen molar-refractivity contribution >= 4 is 17.8 Å². The van der Waals surface area contributed by atoms with E-state index in [0.29, 0.717) is 19.6 Å². The lowest BCUT2D eigenvalue weighted by molar-refractivity contribution is -0.147. The molecule has 1 N–H and O–H groups in total. The summed E-state index contributed by atoms with van der Waals surface area (Å²) in [4.78, 5) is 33.4. The number of amides is 1. The summed E-state index contributed by atoms with van der Waals surface area (Å²) in [5.74, 6) is -1.14. The van der Waals surface area contributed by atoms with E-state index in [2.05, 4.69) is 10.1 Å². The maximum absolute atomic E-state index is 11.3. The average molecular weight is 259 g/mol. The summed E-state index contributed by atoms with van der Waals surface area (Å²) in [7, 11) is 1.28. The molecule has 0 rings (SSSR count). The second-order valence-electron chi connectivity index (χ2n) is 3.87. The van der Waals surface area contributed by atoms with Crippen molar-refractivity contribution in [3.05, 3.63) is 0 Å². The molecule has 0 aromatic rings. The van der Waals surface area contributed by atoms with Crippen molar-refractivity contribution in [1.82, 2.24) is 5.32 Å². The number of hydrogen-bond donors (Lipinski definition) is 1. The Bertz CT molecular complexity index is 290. The van der Waals surface area contributed by atoms with Crippen molar-refractivity contribution in [2.75, 3.05) is 20.3 Å². The maximum Gasteiger partial charge on any atom is 0.308 e. The fourth-order valence-electron chi connectivity index (χ4n) is 1.24. The van der Waals surface area contributed by atoms with E-state index in [4.69, 9.17) is 4.74 Å². The number of methoxy groups -OCH3 is 1. The quantitative estimate of drug-likeness (QED) is 0.647. The zero-order valence-electron chi connectivity index (χ0n) is 11.2. The van der Waals surface area contributed by atoms with Crippen molar-refractivity contribution in [3.63, 3.8) is 0 Å². The summed E-state index contributed by atoms with van der Waals surface area (Å²) in [5, 5.41) is 2.64. The number of carbonyl (C=O) groups is 3. The van der Waals surface area contributed by atoms with Gasteiger partial charge in [-0.15, -0.1) is 0 Å². The lowest BCUT2D eigenvalue weighted by Gasteiger charge is -2.10. The predicted octanol–water partition coefficient (Wildman–Crippen LogP) is 0.645. The number of rotatable bonds is 8. The highest BCUT2D eigenvalue weighted by atomic mass is 16.5. The van der Waals surface area contributed by atoms with Crippen molar-refractivity contribution in [1.29, 1.82) is 0 Å². The van der Waals surface area contributed by atoms with E-state index in [1.165, 1.54) is 7.11 Å². The SMILES string of the molecule is CCOC(=O)C(C)CCNC(=O)CCC(=O)OC. The highest BCUT2D eigenvalue weighted by Gasteiger charge is 2.14. The second-order valence-corrected chi connectivity index (χ2v) is 3.87. The number of ether oxygens (including phenoxy) is 2. The van der Waals surface area contributed by atoms with Crippen LogP contribution in [0, 0.1) is 5.92 Å². The first-order chi connectivity index (χ1) is 8.51. The Labute approximate surface area is 107 Å². The van der Waals surface area contributed by atoms with Gasteiger partial charge in [0.2, 0.25) is 5.91 Å². The fraction of sp³-hybridized carbons (Fsp3) is 0.750. The van der Waals surface area contributed by atoms with E-state index >= 15 is 0 Å². The molecule has 1 atom stereocenters. The first-order valence-electron chi connectivity index (χ1n) is 6.01. The zero-order valence-corrected chi connectivity index (χ0v) is 11.2. The number of nitrogens with one attached hydrogen (secondary N) is 1. The van der Waals surface area contributed by atoms with Crippen molar-refractivity contribution in [2.24, 2.45) is 5.92 Å². The normalized spacial score (nSPS) is 11.5. The minimum atomic E-state index is -0.412. The first kappa shape index (κ1) is 16.4. The lowest BCUT2D eigenvalue weighted by atomic mass is 10.1. The topological polar surface area (TPSA) is 81.7 Å². The molecule has 18 heavy (non-hydrogen) atoms. The number of esters is 2. The molecule has 6 heteroatoms. The van der Waals surface area contributed by atoms with E-state index in [-0.39, 0.29) is 30.6 Å². The molecule has 0 fully saturated rings. The summed E-state index contributed by atoms with van der Waals surface area (Å²) in [6.07, 6.45) is 0.680. The Hall–Kier alpha value is -1.59. The molecular formula is C12H21NO5. The molecule has 1 unspecified atom stereocenters. The molecule has 6 nitrogen and oxygen atoms in total. The van der Waals surface area contributed by atoms with Crippen LogP contribution in [0.5, 0.6) is 0 Å². The van der Waals surface area contributed by atoms with Crippen molar-refractivity contribution in [2.45, 2.75) is 33.1 Å². The van der Waals surface area contributed by atoms with Crippen LogP contribution in [-0.4, -0.2) is 38.1 Å². The lowest BCUT2D eigenvalue weighted by Crippen LogP contribution is -2.28. The third-order valence-electron chi connectivity index (χ3n) is 2.37. The molecule has 1 amide bonds. The van der Waals surface area contributed by atoms with Gasteiger partial charge in [-0.25, -0.2) is 0 Å². The maximum atomic E-state index is 11.3. The van der Waals surface area contributed by atoms with E-state index in [1.54, 1.807) is 13.8 Å². The molecule has 0 heterocycles. The van der Waals surface area contributed by atoms with Gasteiger partial charge in [0, 0.05) is 13.0 Å². The van der Waals surface area contributed by atoms with E-state index in [0.717, 1.165) is 0 Å². The Balaban J connectivity index is 3.67. The van der Waals surface area contributed by atoms with Crippen LogP contribution in [0.4, 0.5) is 0 Å². The van der Waals surface area contributed by atoms with E-state index < -0.39 is 5.97 Å². The van der Waals surface area contributed by atoms with Crippen LogP contribution in [0.25, 0.3) is 0 Å². The highest BCUT2D eigenvalue weighted by molar-refractivity contribution is 5.81. The van der Waals surface area contributed by atoms with Crippen LogP contribution >= 0.6 is 0 Å². The molecule has 0 aliphatic heterocycles. The van der Waals surface area contributed by atoms with Gasteiger partial charge in [-0.05, 0) is 13.3 Å². The van der Waals surface area contributed by atoms with Crippen LogP contribution in [0.2, 0.25) is 0 Å². The Morgan fingerprint density at radius 1 is 1.22 bits per heavy atom. The van der Waals surface area contributed by atoms with Crippen LogP contribution in [-0.2, 0) is 23.9 Å². The van der Waals surface area contributed by atoms with E-state index in [1.807, 2.05) is 0 Å². The first-order valence-corrected chi connectivity index (χ1v) is 6.01. The minimum Gasteiger partial charge on any atom is -0.469 e. The molecule has 104 valence electrons. The van der Waals surface area contributed by atoms with Crippen molar-refractivity contribution in [3.8, 4) is 0 Å². The summed E-state index contributed by atoms with van der Waals surface area (Å²) in [6, 6.07) is 0. The van der Waals surface area contributed by atoms with Gasteiger partial charge in [0.05, 0.1) is 26.1 Å². The minimum absolute atomic E-state index is 0.0652. The number of hydrogen-bond acceptors (Lipinski definition) is 5. The van der Waals surface area contributed by atoms with Gasteiger partial charge in [-0.3, -0.25) is 14.4 Å². The predicted molar refractivity (Wildman–Crippen MR) is 64.7 cm³/mol. The summed E-state index contributed by atoms with van der Waals surface area (Å²) >= 11 is 0. The number of carbonyl (C=O) groups excluding carboxylic acids is 3. The van der Waals surface area contributed by atoms with Crippen LogP contribution in [0.3, 0.4) is 0 Å². The summed E-state index contributed by atoms with van der Waals surface area (Å²) in [6.45, 7) is 4.24. The second kappa shape index (κ2) is 9.44. The van der Waals surface area contributed by atoms with Crippen LogP contribution in [0.15, 0.2) is 0 Å². The van der Waals surface area contributed by atoms with Crippen molar-refractivity contribution < 1.29 is 23.9 Å². The molecular weight excluding hydrogens is 238 g/mol. The van der Waals surface area contributed by atoms with Gasteiger partial charge >= 0.3 is 11.9 Å². The molecule has 0 aliphatic rings. The smallest absolute Gasteiger partial charge is 0.308 e. The van der Waals surface area contributed by atoms with Gasteiger partial charge in [0.25, 0.3) is 0 Å². The molecule has 0 spiro atoms. The Morgan fingerprint density at radius 2 is 1.89 bits per heavy atom. The van der Waals surface area contributed by atoms with Crippen LogP contribution < -0.4 is 5.32 Å².